The van der Waals surface area contributed by atoms with Crippen molar-refractivity contribution in [2.45, 2.75) is 60.1 Å². The Hall–Kier alpha value is -5.71. The van der Waals surface area contributed by atoms with Gasteiger partial charge in [0.25, 0.3) is 5.91 Å². The molecule has 0 aliphatic carbocycles. The zero-order chi connectivity index (χ0) is 40.3. The van der Waals surface area contributed by atoms with Gasteiger partial charge in [-0.1, -0.05) is 59.6 Å². The Morgan fingerprint density at radius 1 is 0.947 bits per heavy atom. The van der Waals surface area contributed by atoms with Gasteiger partial charge in [0.15, 0.2) is 0 Å². The molecule has 7 aromatic rings. The number of nitrogens with zero attached hydrogens (tertiary/aromatic N) is 4. The minimum absolute atomic E-state index is 0.00175. The summed E-state index contributed by atoms with van der Waals surface area (Å²) in [5.41, 5.74) is 9.91. The molecule has 1 atom stereocenters. The van der Waals surface area contributed by atoms with Crippen LogP contribution >= 0.6 is 23.2 Å². The number of hydrogen-bond acceptors (Lipinski definition) is 5. The number of amides is 1. The molecular formula is C45H43Cl2N5O5. The van der Waals surface area contributed by atoms with E-state index in [0.29, 0.717) is 65.7 Å². The van der Waals surface area contributed by atoms with Crippen LogP contribution in [0.4, 0.5) is 5.69 Å². The van der Waals surface area contributed by atoms with Crippen LogP contribution in [0.3, 0.4) is 0 Å². The Kier molecular flexibility index (Phi) is 10.0. The van der Waals surface area contributed by atoms with Crippen LogP contribution in [-0.2, 0) is 20.1 Å². The van der Waals surface area contributed by atoms with Gasteiger partial charge in [-0.25, -0.2) is 4.79 Å². The number of fused-ring (bicyclic) bond motifs is 4. The zero-order valence-corrected chi connectivity index (χ0v) is 34.2. The lowest BCUT2D eigenvalue weighted by Crippen LogP contribution is -2.42. The summed E-state index contributed by atoms with van der Waals surface area (Å²) >= 11 is 13.5. The Balaban J connectivity index is 1.24. The van der Waals surface area contributed by atoms with Crippen LogP contribution in [0.2, 0.25) is 10.0 Å². The number of aryl methyl sites for hydroxylation is 5. The number of carboxylic acid groups (broad SMARTS) is 1. The molecule has 292 valence electrons. The number of carboxylic acids is 1. The minimum atomic E-state index is -1.11. The van der Waals surface area contributed by atoms with Gasteiger partial charge in [-0.05, 0) is 106 Å². The van der Waals surface area contributed by atoms with Crippen LogP contribution in [0, 0.1) is 27.7 Å². The van der Waals surface area contributed by atoms with Crippen LogP contribution < -0.4 is 14.4 Å². The summed E-state index contributed by atoms with van der Waals surface area (Å²) in [6.45, 7) is 11.1. The van der Waals surface area contributed by atoms with Gasteiger partial charge in [0, 0.05) is 52.3 Å². The maximum absolute atomic E-state index is 15.2. The fourth-order valence-corrected chi connectivity index (χ4v) is 8.67. The highest BCUT2D eigenvalue weighted by atomic mass is 35.5. The van der Waals surface area contributed by atoms with Crippen LogP contribution in [0.1, 0.15) is 74.0 Å². The summed E-state index contributed by atoms with van der Waals surface area (Å²) < 4.78 is 16.5. The molecule has 1 unspecified atom stereocenters. The molecule has 0 saturated carbocycles. The highest BCUT2D eigenvalue weighted by Crippen LogP contribution is 2.46. The lowest BCUT2D eigenvalue weighted by Gasteiger charge is -2.34. The third-order valence-electron chi connectivity index (χ3n) is 11.1. The second kappa shape index (κ2) is 15.0. The summed E-state index contributed by atoms with van der Waals surface area (Å²) in [7, 11) is 1.92. The first-order valence-electron chi connectivity index (χ1n) is 19.0. The molecule has 1 aliphatic rings. The number of rotatable bonds is 11. The summed E-state index contributed by atoms with van der Waals surface area (Å²) in [4.78, 5) is 32.3. The van der Waals surface area contributed by atoms with E-state index in [2.05, 4.69) is 16.5 Å². The van der Waals surface area contributed by atoms with E-state index in [1.54, 1.807) is 11.0 Å². The van der Waals surface area contributed by atoms with E-state index in [1.165, 1.54) is 0 Å². The Morgan fingerprint density at radius 2 is 1.68 bits per heavy atom. The molecule has 1 amide bonds. The summed E-state index contributed by atoms with van der Waals surface area (Å²) in [5, 5.41) is 17.6. The van der Waals surface area contributed by atoms with E-state index in [1.807, 2.05) is 106 Å². The van der Waals surface area contributed by atoms with E-state index in [0.717, 1.165) is 66.4 Å². The molecule has 4 aromatic carbocycles. The first-order chi connectivity index (χ1) is 27.3. The molecule has 4 heterocycles. The molecule has 12 heteroatoms. The van der Waals surface area contributed by atoms with Gasteiger partial charge >= 0.3 is 5.97 Å². The molecule has 3 aromatic heterocycles. The largest absolute Gasteiger partial charge is 0.494 e. The number of H-pyrrole nitrogens is 1. The van der Waals surface area contributed by atoms with Gasteiger partial charge in [0.2, 0.25) is 0 Å². The van der Waals surface area contributed by atoms with Crippen molar-refractivity contribution in [3.05, 3.63) is 128 Å². The van der Waals surface area contributed by atoms with Crippen LogP contribution in [0.15, 0.2) is 72.8 Å². The molecular weight excluding hydrogens is 761 g/mol. The smallest absolute Gasteiger partial charge is 0.352 e. The van der Waals surface area contributed by atoms with Gasteiger partial charge in [-0.15, -0.1) is 0 Å². The quantitative estimate of drug-likeness (QED) is 0.126. The number of aromatic carboxylic acids is 1. The second-order valence-corrected chi connectivity index (χ2v) is 15.7. The maximum atomic E-state index is 15.2. The number of carbonyl (C=O) groups excluding carboxylic acids is 1. The molecule has 1 aliphatic heterocycles. The standard InChI is InChI=1S/C45H43Cl2N5O5/c1-24-19-30(20-25(2)40(24)47)56-18-10-13-31-32-14-15-34(46)39(38-27(4)49-50(6)28(38)5)42(32)52-26(3)22-51(44(53)43(31)52)36-16-17-37(57-23-29-11-8-7-9-12-29)33-21-35(45(54)55)48-41(33)36/h7-9,11-12,14-17,19-21,26,48H,10,13,18,22-23H2,1-6H3,(H,54,55). The maximum Gasteiger partial charge on any atom is 0.352 e. The van der Waals surface area contributed by atoms with E-state index in [9.17, 15) is 9.90 Å². The minimum Gasteiger partial charge on any atom is -0.494 e. The van der Waals surface area contributed by atoms with E-state index in [4.69, 9.17) is 37.8 Å². The van der Waals surface area contributed by atoms with Crippen molar-refractivity contribution in [2.75, 3.05) is 18.1 Å². The molecule has 2 N–H and O–H groups in total. The number of aromatic nitrogens is 4. The van der Waals surface area contributed by atoms with Crippen LogP contribution in [0.25, 0.3) is 32.9 Å². The van der Waals surface area contributed by atoms with Crippen molar-refractivity contribution >= 4 is 62.6 Å². The van der Waals surface area contributed by atoms with Crippen molar-refractivity contribution in [3.8, 4) is 22.6 Å². The Labute approximate surface area is 340 Å². The monoisotopic (exact) mass is 803 g/mol. The van der Waals surface area contributed by atoms with Gasteiger partial charge in [-0.2, -0.15) is 5.10 Å². The van der Waals surface area contributed by atoms with Crippen LogP contribution in [-0.4, -0.2) is 49.5 Å². The number of benzene rings is 4. The normalized spacial score (nSPS) is 14.1. The predicted octanol–water partition coefficient (Wildman–Crippen LogP) is 10.6. The average Bonchev–Trinajstić information content (AvgIpc) is 3.85. The van der Waals surface area contributed by atoms with Gasteiger partial charge in [0.1, 0.15) is 29.5 Å². The van der Waals surface area contributed by atoms with Crippen molar-refractivity contribution in [1.29, 1.82) is 0 Å². The number of carbonyl (C=O) groups is 2. The summed E-state index contributed by atoms with van der Waals surface area (Å²) in [5.74, 6) is -0.0428. The van der Waals surface area contributed by atoms with Crippen molar-refractivity contribution in [3.63, 3.8) is 0 Å². The highest BCUT2D eigenvalue weighted by Gasteiger charge is 2.37. The van der Waals surface area contributed by atoms with Gasteiger partial charge in [-0.3, -0.25) is 9.48 Å². The number of hydrogen-bond donors (Lipinski definition) is 2. The molecule has 0 spiro atoms. The molecule has 0 bridgehead atoms. The predicted molar refractivity (Wildman–Crippen MR) is 226 cm³/mol. The van der Waals surface area contributed by atoms with E-state index in [-0.39, 0.29) is 17.6 Å². The number of anilines is 1. The summed E-state index contributed by atoms with van der Waals surface area (Å²) in [6.07, 6.45) is 1.18. The van der Waals surface area contributed by atoms with Gasteiger partial charge < -0.3 is 29.0 Å². The lowest BCUT2D eigenvalue weighted by molar-refractivity contribution is 0.0691. The molecule has 0 radical (unpaired) electrons. The molecule has 10 nitrogen and oxygen atoms in total. The van der Waals surface area contributed by atoms with E-state index >= 15 is 4.79 Å². The third kappa shape index (κ3) is 6.70. The Bertz CT molecular complexity index is 2710. The van der Waals surface area contributed by atoms with Crippen molar-refractivity contribution in [1.82, 2.24) is 19.3 Å². The number of halogens is 2. The first kappa shape index (κ1) is 38.2. The Morgan fingerprint density at radius 3 is 2.37 bits per heavy atom. The van der Waals surface area contributed by atoms with E-state index < -0.39 is 5.97 Å². The third-order valence-corrected chi connectivity index (χ3v) is 12.0. The fraction of sp³-hybridized carbons (Fsp3) is 0.267. The zero-order valence-electron chi connectivity index (χ0n) is 32.7. The fourth-order valence-electron chi connectivity index (χ4n) is 8.32. The van der Waals surface area contributed by atoms with Gasteiger partial charge in [0.05, 0.1) is 34.0 Å². The van der Waals surface area contributed by atoms with Crippen molar-refractivity contribution < 1.29 is 24.2 Å². The number of ether oxygens (including phenoxy) is 2. The SMILES string of the molecule is Cc1cc(OCCCc2c3n(c4c(-c5c(C)nn(C)c5C)c(Cl)ccc24)C(C)CN(c2ccc(OCc4ccccc4)c4cc(C(=O)O)[nH]c24)C3=O)cc(C)c1Cl. The number of aromatic amines is 1. The van der Waals surface area contributed by atoms with Crippen molar-refractivity contribution in [2.24, 2.45) is 7.05 Å². The highest BCUT2D eigenvalue weighted by molar-refractivity contribution is 6.35. The lowest BCUT2D eigenvalue weighted by atomic mass is 9.98. The summed E-state index contributed by atoms with van der Waals surface area (Å²) in [6, 6.07) is 22.6. The molecule has 0 fully saturated rings. The number of nitrogens with one attached hydrogen (secondary N) is 1. The topological polar surface area (TPSA) is 115 Å². The second-order valence-electron chi connectivity index (χ2n) is 14.9. The average molecular weight is 805 g/mol. The molecule has 0 saturated heterocycles. The molecule has 8 rings (SSSR count). The first-order valence-corrected chi connectivity index (χ1v) is 19.7. The van der Waals surface area contributed by atoms with Crippen LogP contribution in [0.5, 0.6) is 11.5 Å². The molecule has 57 heavy (non-hydrogen) atoms.